The van der Waals surface area contributed by atoms with E-state index >= 15 is 0 Å². The fourth-order valence-corrected chi connectivity index (χ4v) is 3.87. The molecule has 1 heterocycles. The Morgan fingerprint density at radius 2 is 2.21 bits per heavy atom. The van der Waals surface area contributed by atoms with Crippen molar-refractivity contribution < 1.29 is 8.42 Å². The molecule has 0 bridgehead atoms. The minimum Gasteiger partial charge on any atom is -0.330 e. The molecule has 0 fully saturated rings. The van der Waals surface area contributed by atoms with Crippen LogP contribution in [0.3, 0.4) is 0 Å². The highest BCUT2D eigenvalue weighted by Crippen LogP contribution is 2.28. The van der Waals surface area contributed by atoms with Gasteiger partial charge < -0.3 is 5.73 Å². The van der Waals surface area contributed by atoms with Crippen LogP contribution in [0.5, 0.6) is 0 Å². The number of hydrogen-bond donors (Lipinski definition) is 1. The van der Waals surface area contributed by atoms with Gasteiger partial charge in [0.05, 0.1) is 9.54 Å². The standard InChI is InChI=1S/C8H12BrNO2S2/c1-14(11,12)5-6(4-10)7-2-3-8(9)13-7/h2-3,6H,4-5,10H2,1H3. The number of hydrogen-bond acceptors (Lipinski definition) is 4. The summed E-state index contributed by atoms with van der Waals surface area (Å²) in [4.78, 5) is 1.02. The van der Waals surface area contributed by atoms with E-state index in [-0.39, 0.29) is 11.7 Å². The molecule has 1 rings (SSSR count). The second-order valence-corrected chi connectivity index (χ2v) is 7.85. The van der Waals surface area contributed by atoms with E-state index < -0.39 is 9.84 Å². The summed E-state index contributed by atoms with van der Waals surface area (Å²) < 4.78 is 23.2. The molecule has 0 amide bonds. The van der Waals surface area contributed by atoms with Gasteiger partial charge in [-0.3, -0.25) is 0 Å². The summed E-state index contributed by atoms with van der Waals surface area (Å²) >= 11 is 4.87. The molecule has 14 heavy (non-hydrogen) atoms. The number of thiophene rings is 1. The number of rotatable bonds is 4. The first-order chi connectivity index (χ1) is 6.42. The lowest BCUT2D eigenvalue weighted by Crippen LogP contribution is -2.20. The topological polar surface area (TPSA) is 60.2 Å². The molecule has 0 spiro atoms. The van der Waals surface area contributed by atoms with Gasteiger partial charge in [-0.15, -0.1) is 11.3 Å². The molecular weight excluding hydrogens is 286 g/mol. The lowest BCUT2D eigenvalue weighted by atomic mass is 10.1. The van der Waals surface area contributed by atoms with E-state index in [0.29, 0.717) is 6.54 Å². The van der Waals surface area contributed by atoms with Crippen molar-refractivity contribution in [3.05, 3.63) is 20.8 Å². The summed E-state index contributed by atoms with van der Waals surface area (Å²) in [5.41, 5.74) is 5.55. The molecule has 0 aromatic carbocycles. The van der Waals surface area contributed by atoms with E-state index in [0.717, 1.165) is 8.66 Å². The van der Waals surface area contributed by atoms with Crippen LogP contribution in [0.1, 0.15) is 10.8 Å². The maximum atomic E-state index is 11.1. The minimum absolute atomic E-state index is 0.0821. The fraction of sp³-hybridized carbons (Fsp3) is 0.500. The van der Waals surface area contributed by atoms with Crippen LogP contribution in [0.2, 0.25) is 0 Å². The van der Waals surface area contributed by atoms with Gasteiger partial charge in [0.1, 0.15) is 9.84 Å². The zero-order chi connectivity index (χ0) is 10.8. The van der Waals surface area contributed by atoms with Crippen molar-refractivity contribution in [2.45, 2.75) is 5.92 Å². The van der Waals surface area contributed by atoms with Gasteiger partial charge in [0.2, 0.25) is 0 Å². The van der Waals surface area contributed by atoms with Crippen molar-refractivity contribution in [2.24, 2.45) is 5.73 Å². The lowest BCUT2D eigenvalue weighted by Gasteiger charge is -2.10. The van der Waals surface area contributed by atoms with E-state index in [1.54, 1.807) is 0 Å². The zero-order valence-corrected chi connectivity index (χ0v) is 11.0. The van der Waals surface area contributed by atoms with Gasteiger partial charge in [0.25, 0.3) is 0 Å². The SMILES string of the molecule is CS(=O)(=O)CC(CN)c1ccc(Br)s1. The third kappa shape index (κ3) is 3.68. The van der Waals surface area contributed by atoms with Gasteiger partial charge in [-0.05, 0) is 28.1 Å². The highest BCUT2D eigenvalue weighted by molar-refractivity contribution is 9.11. The third-order valence-corrected chi connectivity index (χ3v) is 4.58. The van der Waals surface area contributed by atoms with Crippen LogP contribution < -0.4 is 5.73 Å². The van der Waals surface area contributed by atoms with Gasteiger partial charge in [-0.25, -0.2) is 8.42 Å². The first kappa shape index (κ1) is 12.2. The van der Waals surface area contributed by atoms with Gasteiger partial charge in [0, 0.05) is 23.6 Å². The van der Waals surface area contributed by atoms with E-state index in [9.17, 15) is 8.42 Å². The van der Waals surface area contributed by atoms with E-state index in [1.807, 2.05) is 12.1 Å². The molecule has 80 valence electrons. The monoisotopic (exact) mass is 297 g/mol. The summed E-state index contributed by atoms with van der Waals surface area (Å²) in [5, 5.41) is 0. The van der Waals surface area contributed by atoms with Crippen LogP contribution in [-0.2, 0) is 9.84 Å². The van der Waals surface area contributed by atoms with E-state index in [4.69, 9.17) is 5.73 Å². The Morgan fingerprint density at radius 3 is 2.57 bits per heavy atom. The second-order valence-electron chi connectivity index (χ2n) is 3.17. The molecule has 1 atom stereocenters. The van der Waals surface area contributed by atoms with Crippen LogP contribution in [-0.4, -0.2) is 27.0 Å². The molecule has 2 N–H and O–H groups in total. The molecule has 0 aliphatic heterocycles. The molecule has 6 heteroatoms. The van der Waals surface area contributed by atoms with E-state index in [1.165, 1.54) is 17.6 Å². The lowest BCUT2D eigenvalue weighted by molar-refractivity contribution is 0.594. The summed E-state index contributed by atoms with van der Waals surface area (Å²) in [6, 6.07) is 3.82. The molecule has 1 unspecified atom stereocenters. The fourth-order valence-electron chi connectivity index (χ4n) is 1.18. The molecule has 0 aliphatic rings. The first-order valence-corrected chi connectivity index (χ1v) is 7.72. The predicted octanol–water partition coefficient (Wildman–Crippen LogP) is 1.60. The molecular formula is C8H12BrNO2S2. The number of nitrogens with two attached hydrogens (primary N) is 1. The Balaban J connectivity index is 2.83. The zero-order valence-electron chi connectivity index (χ0n) is 7.73. The van der Waals surface area contributed by atoms with Crippen LogP contribution in [0.15, 0.2) is 15.9 Å². The second kappa shape index (κ2) is 4.74. The smallest absolute Gasteiger partial charge is 0.148 e. The number of sulfone groups is 1. The predicted molar refractivity (Wildman–Crippen MR) is 63.5 cm³/mol. The molecule has 1 aromatic rings. The highest BCUT2D eigenvalue weighted by atomic mass is 79.9. The maximum absolute atomic E-state index is 11.1. The van der Waals surface area contributed by atoms with Crippen LogP contribution in [0.25, 0.3) is 0 Å². The van der Waals surface area contributed by atoms with E-state index in [2.05, 4.69) is 15.9 Å². The van der Waals surface area contributed by atoms with Crippen molar-refractivity contribution in [3.63, 3.8) is 0 Å². The molecule has 0 saturated heterocycles. The largest absolute Gasteiger partial charge is 0.330 e. The summed E-state index contributed by atoms with van der Waals surface area (Å²) in [5.74, 6) is 0.0394. The van der Waals surface area contributed by atoms with Crippen molar-refractivity contribution in [2.75, 3.05) is 18.6 Å². The average Bonchev–Trinajstić information content (AvgIpc) is 2.46. The van der Waals surface area contributed by atoms with Gasteiger partial charge in [-0.1, -0.05) is 0 Å². The van der Waals surface area contributed by atoms with Crippen LogP contribution in [0, 0.1) is 0 Å². The van der Waals surface area contributed by atoms with Gasteiger partial charge >= 0.3 is 0 Å². The average molecular weight is 298 g/mol. The summed E-state index contributed by atoms with van der Waals surface area (Å²) in [6.07, 6.45) is 1.23. The van der Waals surface area contributed by atoms with Crippen molar-refractivity contribution in [1.82, 2.24) is 0 Å². The van der Waals surface area contributed by atoms with Crippen LogP contribution in [0.4, 0.5) is 0 Å². The molecule has 0 radical (unpaired) electrons. The molecule has 0 aliphatic carbocycles. The highest BCUT2D eigenvalue weighted by Gasteiger charge is 2.17. The Hall–Kier alpha value is 0.0900. The van der Waals surface area contributed by atoms with Crippen LogP contribution >= 0.6 is 27.3 Å². The number of halogens is 1. The van der Waals surface area contributed by atoms with Crippen molar-refractivity contribution in [1.29, 1.82) is 0 Å². The van der Waals surface area contributed by atoms with Crippen molar-refractivity contribution in [3.8, 4) is 0 Å². The molecule has 1 aromatic heterocycles. The summed E-state index contributed by atoms with van der Waals surface area (Å²) in [7, 11) is -2.96. The van der Waals surface area contributed by atoms with Gasteiger partial charge in [0.15, 0.2) is 0 Å². The molecule has 3 nitrogen and oxygen atoms in total. The third-order valence-electron chi connectivity index (χ3n) is 1.78. The summed E-state index contributed by atoms with van der Waals surface area (Å²) in [6.45, 7) is 0.361. The molecule has 0 saturated carbocycles. The Bertz CT molecular complexity index is 399. The Morgan fingerprint density at radius 1 is 1.57 bits per heavy atom. The first-order valence-electron chi connectivity index (χ1n) is 4.05. The Kier molecular flexibility index (Phi) is 4.12. The normalized spacial score (nSPS) is 14.2. The minimum atomic E-state index is -2.96. The van der Waals surface area contributed by atoms with Gasteiger partial charge in [-0.2, -0.15) is 0 Å². The maximum Gasteiger partial charge on any atom is 0.148 e. The van der Waals surface area contributed by atoms with Crippen molar-refractivity contribution >= 4 is 37.1 Å². The Labute approximate surface area is 96.4 Å². The quantitative estimate of drug-likeness (QED) is 0.918.